The largest absolute Gasteiger partial charge is 0.464 e. The van der Waals surface area contributed by atoms with E-state index in [2.05, 4.69) is 20.9 Å². The predicted octanol–water partition coefficient (Wildman–Crippen LogP) is 4.65. The zero-order valence-electron chi connectivity index (χ0n) is 13.0. The number of carbonyl (C=O) groups is 1. The van der Waals surface area contributed by atoms with E-state index in [9.17, 15) is 18.0 Å². The molecule has 2 heterocycles. The lowest BCUT2D eigenvalue weighted by Crippen LogP contribution is -2.13. The minimum atomic E-state index is -4.43. The molecule has 3 rings (SSSR count). The maximum absolute atomic E-state index is 12.9. The molecule has 1 aromatic carbocycles. The molecule has 0 bridgehead atoms. The Morgan fingerprint density at radius 1 is 1.28 bits per heavy atom. The molecule has 0 aliphatic rings. The van der Waals surface area contributed by atoms with Gasteiger partial charge in [0, 0.05) is 18.1 Å². The molecule has 8 heteroatoms. The highest BCUT2D eigenvalue weighted by Gasteiger charge is 2.30. The van der Waals surface area contributed by atoms with E-state index in [-0.39, 0.29) is 12.2 Å². The lowest BCUT2D eigenvalue weighted by Gasteiger charge is -2.12. The second-order valence-corrected chi connectivity index (χ2v) is 6.11. The summed E-state index contributed by atoms with van der Waals surface area (Å²) in [6, 6.07) is 8.45. The van der Waals surface area contributed by atoms with Gasteiger partial charge in [-0.25, -0.2) is 9.78 Å². The van der Waals surface area contributed by atoms with E-state index in [4.69, 9.17) is 4.74 Å². The quantitative estimate of drug-likeness (QED) is 0.588. The second-order valence-electron chi connectivity index (χ2n) is 5.31. The number of hydrogen-bond donors (Lipinski definition) is 0. The first kappa shape index (κ1) is 17.5. The molecule has 25 heavy (non-hydrogen) atoms. The standard InChI is InChI=1S/C17H12BrF3N2O2/c1-25-16(24)14-13(18)12-6-3-7-22-15(12)23(14)9-10-4-2-5-11(8-10)17(19,20)21/h2-8H,9H2,1H3. The number of fused-ring (bicyclic) bond motifs is 1. The number of ether oxygens (including phenoxy) is 1. The molecule has 2 aromatic heterocycles. The van der Waals surface area contributed by atoms with Gasteiger partial charge in [0.05, 0.1) is 17.1 Å². The molecular formula is C17H12BrF3N2O2. The Labute approximate surface area is 149 Å². The van der Waals surface area contributed by atoms with Gasteiger partial charge in [-0.1, -0.05) is 12.1 Å². The number of methoxy groups -OCH3 is 1. The summed E-state index contributed by atoms with van der Waals surface area (Å²) in [5.41, 5.74) is 0.337. The number of pyridine rings is 1. The van der Waals surface area contributed by atoms with E-state index >= 15 is 0 Å². The summed E-state index contributed by atoms with van der Waals surface area (Å²) in [5.74, 6) is -0.600. The number of nitrogens with zero attached hydrogens (tertiary/aromatic N) is 2. The van der Waals surface area contributed by atoms with Crippen LogP contribution in [0.4, 0.5) is 13.2 Å². The van der Waals surface area contributed by atoms with Gasteiger partial charge in [0.25, 0.3) is 0 Å². The van der Waals surface area contributed by atoms with Crippen LogP contribution in [0.2, 0.25) is 0 Å². The van der Waals surface area contributed by atoms with Gasteiger partial charge < -0.3 is 9.30 Å². The van der Waals surface area contributed by atoms with E-state index in [1.165, 1.54) is 13.2 Å². The molecule has 0 aliphatic carbocycles. The molecule has 0 amide bonds. The van der Waals surface area contributed by atoms with E-state index in [0.717, 1.165) is 12.1 Å². The number of hydrogen-bond acceptors (Lipinski definition) is 3. The van der Waals surface area contributed by atoms with Crippen LogP contribution in [-0.4, -0.2) is 22.6 Å². The highest BCUT2D eigenvalue weighted by Crippen LogP contribution is 2.33. The number of esters is 1. The predicted molar refractivity (Wildman–Crippen MR) is 89.3 cm³/mol. The van der Waals surface area contributed by atoms with Crippen LogP contribution >= 0.6 is 15.9 Å². The molecule has 0 saturated carbocycles. The van der Waals surface area contributed by atoms with E-state index in [0.29, 0.717) is 21.1 Å². The smallest absolute Gasteiger partial charge is 0.416 e. The van der Waals surface area contributed by atoms with Crippen LogP contribution in [-0.2, 0) is 17.5 Å². The van der Waals surface area contributed by atoms with Crippen molar-refractivity contribution in [3.8, 4) is 0 Å². The fourth-order valence-corrected chi connectivity index (χ4v) is 3.30. The Bertz CT molecular complexity index is 951. The van der Waals surface area contributed by atoms with Crippen LogP contribution in [0, 0.1) is 0 Å². The second kappa shape index (κ2) is 6.51. The maximum atomic E-state index is 12.9. The van der Waals surface area contributed by atoms with E-state index < -0.39 is 17.7 Å². The van der Waals surface area contributed by atoms with Gasteiger partial charge in [-0.15, -0.1) is 0 Å². The molecule has 0 unspecified atom stereocenters. The van der Waals surface area contributed by atoms with Gasteiger partial charge in [0.1, 0.15) is 11.3 Å². The molecule has 0 fully saturated rings. The number of carbonyl (C=O) groups excluding carboxylic acids is 1. The first-order valence-corrected chi connectivity index (χ1v) is 7.99. The van der Waals surface area contributed by atoms with Crippen molar-refractivity contribution in [1.82, 2.24) is 9.55 Å². The van der Waals surface area contributed by atoms with Crippen molar-refractivity contribution in [3.63, 3.8) is 0 Å². The van der Waals surface area contributed by atoms with Crippen molar-refractivity contribution < 1.29 is 22.7 Å². The molecule has 0 saturated heterocycles. The molecular weight excluding hydrogens is 401 g/mol. The van der Waals surface area contributed by atoms with Crippen molar-refractivity contribution in [1.29, 1.82) is 0 Å². The Hall–Kier alpha value is -2.35. The fourth-order valence-electron chi connectivity index (χ4n) is 2.61. The molecule has 0 aliphatic heterocycles. The van der Waals surface area contributed by atoms with Crippen LogP contribution in [0.5, 0.6) is 0 Å². The van der Waals surface area contributed by atoms with Crippen molar-refractivity contribution in [2.45, 2.75) is 12.7 Å². The average Bonchev–Trinajstić information content (AvgIpc) is 2.86. The summed E-state index contributed by atoms with van der Waals surface area (Å²) in [6.45, 7) is 0.0491. The van der Waals surface area contributed by atoms with Crippen molar-refractivity contribution in [2.24, 2.45) is 0 Å². The molecule has 0 spiro atoms. The zero-order chi connectivity index (χ0) is 18.2. The number of alkyl halides is 3. The third-order valence-corrected chi connectivity index (χ3v) is 4.53. The van der Waals surface area contributed by atoms with Gasteiger partial charge >= 0.3 is 12.1 Å². The Balaban J connectivity index is 2.14. The van der Waals surface area contributed by atoms with Crippen LogP contribution in [0.1, 0.15) is 21.6 Å². The van der Waals surface area contributed by atoms with Gasteiger partial charge in [-0.05, 0) is 45.8 Å². The van der Waals surface area contributed by atoms with Crippen molar-refractivity contribution >= 4 is 32.9 Å². The molecule has 3 aromatic rings. The third-order valence-electron chi connectivity index (χ3n) is 3.73. The normalized spacial score (nSPS) is 11.7. The summed E-state index contributed by atoms with van der Waals surface area (Å²) in [6.07, 6.45) is -2.88. The van der Waals surface area contributed by atoms with Crippen LogP contribution in [0.3, 0.4) is 0 Å². The Morgan fingerprint density at radius 2 is 2.04 bits per heavy atom. The first-order valence-electron chi connectivity index (χ1n) is 7.20. The van der Waals surface area contributed by atoms with Crippen LogP contribution in [0.25, 0.3) is 11.0 Å². The van der Waals surface area contributed by atoms with Gasteiger partial charge in [-0.2, -0.15) is 13.2 Å². The summed E-state index contributed by atoms with van der Waals surface area (Å²) < 4.78 is 45.6. The first-order chi connectivity index (χ1) is 11.8. The molecule has 0 radical (unpaired) electrons. The third kappa shape index (κ3) is 3.26. The van der Waals surface area contributed by atoms with E-state index in [1.54, 1.807) is 29.0 Å². The lowest BCUT2D eigenvalue weighted by molar-refractivity contribution is -0.137. The van der Waals surface area contributed by atoms with Crippen molar-refractivity contribution in [3.05, 3.63) is 63.9 Å². The van der Waals surface area contributed by atoms with Crippen LogP contribution in [0.15, 0.2) is 47.1 Å². The maximum Gasteiger partial charge on any atom is 0.416 e. The topological polar surface area (TPSA) is 44.1 Å². The Kier molecular flexibility index (Phi) is 4.55. The minimum absolute atomic E-state index is 0.0491. The summed E-state index contributed by atoms with van der Waals surface area (Å²) in [5, 5.41) is 0.676. The molecule has 4 nitrogen and oxygen atoms in total. The van der Waals surface area contributed by atoms with Crippen molar-refractivity contribution in [2.75, 3.05) is 7.11 Å². The molecule has 0 N–H and O–H groups in total. The summed E-state index contributed by atoms with van der Waals surface area (Å²) in [7, 11) is 1.24. The number of aromatic nitrogens is 2. The van der Waals surface area contributed by atoms with Crippen LogP contribution < -0.4 is 0 Å². The number of benzene rings is 1. The average molecular weight is 413 g/mol. The van der Waals surface area contributed by atoms with Gasteiger partial charge in [-0.3, -0.25) is 0 Å². The number of rotatable bonds is 3. The molecule has 130 valence electrons. The lowest BCUT2D eigenvalue weighted by atomic mass is 10.1. The minimum Gasteiger partial charge on any atom is -0.464 e. The highest BCUT2D eigenvalue weighted by atomic mass is 79.9. The monoisotopic (exact) mass is 412 g/mol. The zero-order valence-corrected chi connectivity index (χ0v) is 14.6. The number of halogens is 4. The Morgan fingerprint density at radius 3 is 2.72 bits per heavy atom. The molecule has 0 atom stereocenters. The fraction of sp³-hybridized carbons (Fsp3) is 0.176. The summed E-state index contributed by atoms with van der Waals surface area (Å²) in [4.78, 5) is 16.4. The SMILES string of the molecule is COC(=O)c1c(Br)c2cccnc2n1Cc1cccc(C(F)(F)F)c1. The van der Waals surface area contributed by atoms with Gasteiger partial charge in [0.15, 0.2) is 0 Å². The van der Waals surface area contributed by atoms with E-state index in [1.807, 2.05) is 0 Å². The summed E-state index contributed by atoms with van der Waals surface area (Å²) >= 11 is 3.36. The highest BCUT2D eigenvalue weighted by molar-refractivity contribution is 9.10. The van der Waals surface area contributed by atoms with Gasteiger partial charge in [0.2, 0.25) is 0 Å².